The lowest BCUT2D eigenvalue weighted by Crippen LogP contribution is -2.34. The van der Waals surface area contributed by atoms with Crippen LogP contribution in [0.1, 0.15) is 0 Å². The molecule has 7 heteroatoms. The van der Waals surface area contributed by atoms with E-state index in [2.05, 4.69) is 10.1 Å². The van der Waals surface area contributed by atoms with Gasteiger partial charge in [0, 0.05) is 12.6 Å². The Morgan fingerprint density at radius 3 is 2.79 bits per heavy atom. The van der Waals surface area contributed by atoms with Crippen LogP contribution >= 0.6 is 23.2 Å². The summed E-state index contributed by atoms with van der Waals surface area (Å²) < 4.78 is 9.78. The van der Waals surface area contributed by atoms with Gasteiger partial charge in [-0.25, -0.2) is 0 Å². The quantitative estimate of drug-likeness (QED) is 0.747. The number of aliphatic hydroxyl groups excluding tert-OH is 1. The van der Waals surface area contributed by atoms with Crippen LogP contribution < -0.4 is 10.1 Å². The van der Waals surface area contributed by atoms with Crippen molar-refractivity contribution < 1.29 is 19.4 Å². The van der Waals surface area contributed by atoms with Gasteiger partial charge >= 0.3 is 5.97 Å². The molecule has 0 saturated heterocycles. The van der Waals surface area contributed by atoms with Crippen LogP contribution in [-0.2, 0) is 9.53 Å². The number of ether oxygens (including phenoxy) is 2. The fourth-order valence-electron chi connectivity index (χ4n) is 1.23. The van der Waals surface area contributed by atoms with Gasteiger partial charge in [0.1, 0.15) is 18.5 Å². The smallest absolute Gasteiger partial charge is 0.319 e. The number of hydrogen-bond acceptors (Lipinski definition) is 5. The first kappa shape index (κ1) is 16.0. The van der Waals surface area contributed by atoms with E-state index in [1.54, 1.807) is 18.2 Å². The van der Waals surface area contributed by atoms with Crippen LogP contribution in [0.25, 0.3) is 0 Å². The first-order chi connectivity index (χ1) is 9.02. The third-order valence-electron chi connectivity index (χ3n) is 2.21. The highest BCUT2D eigenvalue weighted by Gasteiger charge is 2.07. The lowest BCUT2D eigenvalue weighted by molar-refractivity contribution is -0.139. The molecule has 0 saturated carbocycles. The highest BCUT2D eigenvalue weighted by Crippen LogP contribution is 2.26. The summed E-state index contributed by atoms with van der Waals surface area (Å²) in [4.78, 5) is 10.8. The van der Waals surface area contributed by atoms with E-state index in [1.165, 1.54) is 7.11 Å². The Balaban J connectivity index is 2.27. The van der Waals surface area contributed by atoms with Crippen molar-refractivity contribution >= 4 is 29.2 Å². The standard InChI is InChI=1S/C12H15Cl2NO4/c1-18-12(17)6-15-5-8(16)7-19-9-2-3-10(13)11(14)4-9/h2-4,8,15-16H,5-7H2,1H3. The van der Waals surface area contributed by atoms with Gasteiger partial charge in [-0.3, -0.25) is 4.79 Å². The molecule has 0 spiro atoms. The van der Waals surface area contributed by atoms with Gasteiger partial charge in [0.2, 0.25) is 0 Å². The van der Waals surface area contributed by atoms with Crippen LogP contribution in [0.4, 0.5) is 0 Å². The number of carbonyl (C=O) groups excluding carboxylic acids is 1. The molecule has 1 unspecified atom stereocenters. The molecule has 1 aromatic rings. The average molecular weight is 308 g/mol. The molecular formula is C12H15Cl2NO4. The number of esters is 1. The summed E-state index contributed by atoms with van der Waals surface area (Å²) in [5, 5.41) is 13.2. The lowest BCUT2D eigenvalue weighted by Gasteiger charge is -2.13. The number of hydrogen-bond donors (Lipinski definition) is 2. The second kappa shape index (κ2) is 8.22. The maximum absolute atomic E-state index is 10.8. The second-order valence-electron chi connectivity index (χ2n) is 3.75. The molecule has 1 atom stereocenters. The van der Waals surface area contributed by atoms with Crippen molar-refractivity contribution in [2.45, 2.75) is 6.10 Å². The van der Waals surface area contributed by atoms with E-state index in [1.807, 2.05) is 0 Å². The van der Waals surface area contributed by atoms with E-state index in [-0.39, 0.29) is 19.7 Å². The molecule has 0 fully saturated rings. The molecule has 0 aliphatic carbocycles. The molecule has 0 bridgehead atoms. The van der Waals surface area contributed by atoms with Gasteiger partial charge in [0.25, 0.3) is 0 Å². The Labute approximate surface area is 121 Å². The highest BCUT2D eigenvalue weighted by atomic mass is 35.5. The van der Waals surface area contributed by atoms with E-state index in [4.69, 9.17) is 27.9 Å². The van der Waals surface area contributed by atoms with Gasteiger partial charge in [0.05, 0.1) is 23.7 Å². The average Bonchev–Trinajstić information content (AvgIpc) is 2.40. The van der Waals surface area contributed by atoms with Gasteiger partial charge in [-0.15, -0.1) is 0 Å². The van der Waals surface area contributed by atoms with Crippen molar-refractivity contribution in [2.75, 3.05) is 26.8 Å². The fraction of sp³-hybridized carbons (Fsp3) is 0.417. The van der Waals surface area contributed by atoms with Crippen molar-refractivity contribution in [3.05, 3.63) is 28.2 Å². The monoisotopic (exact) mass is 307 g/mol. The predicted molar refractivity (Wildman–Crippen MR) is 72.8 cm³/mol. The van der Waals surface area contributed by atoms with E-state index < -0.39 is 12.1 Å². The Morgan fingerprint density at radius 2 is 2.16 bits per heavy atom. The van der Waals surface area contributed by atoms with Gasteiger partial charge in [-0.1, -0.05) is 23.2 Å². The SMILES string of the molecule is COC(=O)CNCC(O)COc1ccc(Cl)c(Cl)c1. The third-order valence-corrected chi connectivity index (χ3v) is 2.95. The molecule has 0 amide bonds. The van der Waals surface area contributed by atoms with Crippen molar-refractivity contribution in [2.24, 2.45) is 0 Å². The fourth-order valence-corrected chi connectivity index (χ4v) is 1.52. The van der Waals surface area contributed by atoms with Crippen LogP contribution in [-0.4, -0.2) is 44.0 Å². The van der Waals surface area contributed by atoms with Crippen LogP contribution in [0.3, 0.4) is 0 Å². The normalized spacial score (nSPS) is 12.0. The molecule has 0 aliphatic rings. The summed E-state index contributed by atoms with van der Waals surface area (Å²) in [5.74, 6) is 0.124. The van der Waals surface area contributed by atoms with Crippen molar-refractivity contribution in [1.29, 1.82) is 0 Å². The molecule has 1 aromatic carbocycles. The maximum Gasteiger partial charge on any atom is 0.319 e. The zero-order chi connectivity index (χ0) is 14.3. The van der Waals surface area contributed by atoms with Gasteiger partial charge in [-0.2, -0.15) is 0 Å². The Morgan fingerprint density at radius 1 is 1.42 bits per heavy atom. The maximum atomic E-state index is 10.8. The minimum Gasteiger partial charge on any atom is -0.491 e. The van der Waals surface area contributed by atoms with Crippen LogP contribution in [0.2, 0.25) is 10.0 Å². The summed E-state index contributed by atoms with van der Waals surface area (Å²) >= 11 is 11.6. The molecular weight excluding hydrogens is 293 g/mol. The molecule has 0 aromatic heterocycles. The number of nitrogens with one attached hydrogen (secondary N) is 1. The number of carbonyl (C=O) groups is 1. The molecule has 0 radical (unpaired) electrons. The lowest BCUT2D eigenvalue weighted by atomic mass is 10.3. The minimum absolute atomic E-state index is 0.0420. The highest BCUT2D eigenvalue weighted by molar-refractivity contribution is 6.42. The summed E-state index contributed by atoms with van der Waals surface area (Å²) in [6.45, 7) is 0.336. The summed E-state index contributed by atoms with van der Waals surface area (Å²) in [7, 11) is 1.30. The molecule has 0 heterocycles. The third kappa shape index (κ3) is 6.11. The first-order valence-electron chi connectivity index (χ1n) is 5.56. The van der Waals surface area contributed by atoms with Gasteiger partial charge < -0.3 is 19.9 Å². The van der Waals surface area contributed by atoms with Crippen molar-refractivity contribution in [1.82, 2.24) is 5.32 Å². The van der Waals surface area contributed by atoms with Crippen molar-refractivity contribution in [3.8, 4) is 5.75 Å². The van der Waals surface area contributed by atoms with E-state index in [0.29, 0.717) is 15.8 Å². The molecule has 19 heavy (non-hydrogen) atoms. The Bertz CT molecular complexity index is 428. The number of benzene rings is 1. The van der Waals surface area contributed by atoms with Crippen LogP contribution in [0, 0.1) is 0 Å². The van der Waals surface area contributed by atoms with Crippen LogP contribution in [0.5, 0.6) is 5.75 Å². The molecule has 106 valence electrons. The second-order valence-corrected chi connectivity index (χ2v) is 4.56. The Hall–Kier alpha value is -1.01. The summed E-state index contributed by atoms with van der Waals surface area (Å²) in [6.07, 6.45) is -0.751. The van der Waals surface area contributed by atoms with E-state index in [0.717, 1.165) is 0 Å². The number of aliphatic hydroxyl groups is 1. The molecule has 2 N–H and O–H groups in total. The topological polar surface area (TPSA) is 67.8 Å². The largest absolute Gasteiger partial charge is 0.491 e. The summed E-state index contributed by atoms with van der Waals surface area (Å²) in [5.41, 5.74) is 0. The Kier molecular flexibility index (Phi) is 6.94. The number of halogens is 2. The zero-order valence-electron chi connectivity index (χ0n) is 10.4. The van der Waals surface area contributed by atoms with E-state index in [9.17, 15) is 9.90 Å². The van der Waals surface area contributed by atoms with Gasteiger partial charge in [-0.05, 0) is 12.1 Å². The molecule has 5 nitrogen and oxygen atoms in total. The molecule has 1 rings (SSSR count). The first-order valence-corrected chi connectivity index (χ1v) is 6.32. The minimum atomic E-state index is -0.751. The molecule has 0 aliphatic heterocycles. The number of rotatable bonds is 7. The van der Waals surface area contributed by atoms with Crippen molar-refractivity contribution in [3.63, 3.8) is 0 Å². The number of methoxy groups -OCH3 is 1. The summed E-state index contributed by atoms with van der Waals surface area (Å²) in [6, 6.07) is 4.84. The van der Waals surface area contributed by atoms with Gasteiger partial charge in [0.15, 0.2) is 0 Å². The van der Waals surface area contributed by atoms with Crippen LogP contribution in [0.15, 0.2) is 18.2 Å². The predicted octanol–water partition coefficient (Wildman–Crippen LogP) is 1.50. The zero-order valence-corrected chi connectivity index (χ0v) is 11.9. The van der Waals surface area contributed by atoms with E-state index >= 15 is 0 Å².